The first-order valence-electron chi connectivity index (χ1n) is 4.95. The van der Waals surface area contributed by atoms with Crippen LogP contribution in [0.15, 0.2) is 30.3 Å². The summed E-state index contributed by atoms with van der Waals surface area (Å²) in [5.41, 5.74) is 1.25. The molecule has 0 bridgehead atoms. The minimum atomic E-state index is 0.249. The summed E-state index contributed by atoms with van der Waals surface area (Å²) in [7, 11) is 0. The molecule has 0 aliphatic heterocycles. The lowest BCUT2D eigenvalue weighted by Gasteiger charge is -2.20. The molecule has 0 radical (unpaired) electrons. The van der Waals surface area contributed by atoms with Crippen LogP contribution in [0.3, 0.4) is 0 Å². The zero-order valence-corrected chi connectivity index (χ0v) is 8.40. The summed E-state index contributed by atoms with van der Waals surface area (Å²) in [6.45, 7) is 4.60. The van der Waals surface area contributed by atoms with E-state index in [0.29, 0.717) is 11.8 Å². The van der Waals surface area contributed by atoms with Crippen LogP contribution in [0.2, 0.25) is 0 Å². The van der Waals surface area contributed by atoms with Crippen LogP contribution in [-0.2, 0) is 0 Å². The normalized spacial score (nSPS) is 15.3. The SMILES string of the molecule is CC[C@@H](C)[C@@H](CO)c1ccccc1. The van der Waals surface area contributed by atoms with Gasteiger partial charge < -0.3 is 5.11 Å². The molecule has 1 rings (SSSR count). The number of benzene rings is 1. The molecule has 0 fully saturated rings. The molecule has 0 aliphatic rings. The summed E-state index contributed by atoms with van der Waals surface area (Å²) < 4.78 is 0. The van der Waals surface area contributed by atoms with Crippen molar-refractivity contribution in [3.05, 3.63) is 35.9 Å². The van der Waals surface area contributed by atoms with Crippen LogP contribution in [0.4, 0.5) is 0 Å². The highest BCUT2D eigenvalue weighted by Gasteiger charge is 2.15. The Bertz CT molecular complexity index is 230. The van der Waals surface area contributed by atoms with E-state index in [0.717, 1.165) is 6.42 Å². The van der Waals surface area contributed by atoms with Crippen LogP contribution < -0.4 is 0 Å². The molecule has 1 N–H and O–H groups in total. The number of hydrogen-bond acceptors (Lipinski definition) is 1. The van der Waals surface area contributed by atoms with Gasteiger partial charge in [0.05, 0.1) is 6.61 Å². The smallest absolute Gasteiger partial charge is 0.0502 e. The van der Waals surface area contributed by atoms with Gasteiger partial charge in [0, 0.05) is 5.92 Å². The first-order chi connectivity index (χ1) is 6.29. The van der Waals surface area contributed by atoms with E-state index in [-0.39, 0.29) is 6.61 Å². The molecule has 0 saturated heterocycles. The molecule has 0 unspecified atom stereocenters. The van der Waals surface area contributed by atoms with Gasteiger partial charge in [-0.2, -0.15) is 0 Å². The zero-order valence-electron chi connectivity index (χ0n) is 8.40. The van der Waals surface area contributed by atoms with Gasteiger partial charge >= 0.3 is 0 Å². The van der Waals surface area contributed by atoms with Gasteiger partial charge in [-0.25, -0.2) is 0 Å². The first-order valence-corrected chi connectivity index (χ1v) is 4.95. The summed E-state index contributed by atoms with van der Waals surface area (Å²) in [5, 5.41) is 9.28. The number of rotatable bonds is 4. The summed E-state index contributed by atoms with van der Waals surface area (Å²) in [6, 6.07) is 10.2. The van der Waals surface area contributed by atoms with E-state index in [1.165, 1.54) is 5.56 Å². The van der Waals surface area contributed by atoms with Crippen LogP contribution in [0.25, 0.3) is 0 Å². The summed E-state index contributed by atoms with van der Waals surface area (Å²) >= 11 is 0. The van der Waals surface area contributed by atoms with E-state index < -0.39 is 0 Å². The third-order valence-corrected chi connectivity index (χ3v) is 2.76. The predicted octanol–water partition coefficient (Wildman–Crippen LogP) is 2.81. The molecule has 1 nitrogen and oxygen atoms in total. The third kappa shape index (κ3) is 2.56. The van der Waals surface area contributed by atoms with Gasteiger partial charge in [-0.05, 0) is 11.5 Å². The van der Waals surface area contributed by atoms with Crippen molar-refractivity contribution in [1.82, 2.24) is 0 Å². The molecule has 2 atom stereocenters. The Morgan fingerprint density at radius 1 is 1.23 bits per heavy atom. The summed E-state index contributed by atoms with van der Waals surface area (Å²) in [4.78, 5) is 0. The molecule has 1 aromatic carbocycles. The molecule has 13 heavy (non-hydrogen) atoms. The van der Waals surface area contributed by atoms with E-state index in [2.05, 4.69) is 26.0 Å². The van der Waals surface area contributed by atoms with Crippen LogP contribution in [0.5, 0.6) is 0 Å². The van der Waals surface area contributed by atoms with Gasteiger partial charge in [0.25, 0.3) is 0 Å². The number of aliphatic hydroxyl groups excluding tert-OH is 1. The Labute approximate surface area is 80.4 Å². The standard InChI is InChI=1S/C12H18O/c1-3-10(2)12(9-13)11-7-5-4-6-8-11/h4-8,10,12-13H,3,9H2,1-2H3/t10-,12-/m1/s1. The van der Waals surface area contributed by atoms with E-state index in [1.54, 1.807) is 0 Å². The average molecular weight is 178 g/mol. The molecule has 0 aromatic heterocycles. The highest BCUT2D eigenvalue weighted by atomic mass is 16.3. The molecule has 0 amide bonds. The zero-order chi connectivity index (χ0) is 9.68. The lowest BCUT2D eigenvalue weighted by atomic mass is 9.86. The summed E-state index contributed by atoms with van der Waals surface area (Å²) in [6.07, 6.45) is 1.11. The van der Waals surface area contributed by atoms with E-state index in [4.69, 9.17) is 0 Å². The predicted molar refractivity (Wildman–Crippen MR) is 55.7 cm³/mol. The number of hydrogen-bond donors (Lipinski definition) is 1. The van der Waals surface area contributed by atoms with Crippen LogP contribution >= 0.6 is 0 Å². The topological polar surface area (TPSA) is 20.2 Å². The largest absolute Gasteiger partial charge is 0.396 e. The van der Waals surface area contributed by atoms with E-state index >= 15 is 0 Å². The lowest BCUT2D eigenvalue weighted by Crippen LogP contribution is -2.12. The minimum absolute atomic E-state index is 0.249. The monoisotopic (exact) mass is 178 g/mol. The van der Waals surface area contributed by atoms with Crippen molar-refractivity contribution in [2.75, 3.05) is 6.61 Å². The Hall–Kier alpha value is -0.820. The van der Waals surface area contributed by atoms with Crippen molar-refractivity contribution < 1.29 is 5.11 Å². The Balaban J connectivity index is 2.78. The van der Waals surface area contributed by atoms with Gasteiger partial charge in [-0.1, -0.05) is 50.6 Å². The van der Waals surface area contributed by atoms with Crippen molar-refractivity contribution in [2.24, 2.45) is 5.92 Å². The third-order valence-electron chi connectivity index (χ3n) is 2.76. The maximum atomic E-state index is 9.28. The van der Waals surface area contributed by atoms with Crippen LogP contribution in [0.1, 0.15) is 31.7 Å². The van der Waals surface area contributed by atoms with E-state index in [1.807, 2.05) is 18.2 Å². The maximum absolute atomic E-state index is 9.28. The molecular weight excluding hydrogens is 160 g/mol. The maximum Gasteiger partial charge on any atom is 0.0502 e. The highest BCUT2D eigenvalue weighted by Crippen LogP contribution is 2.25. The second-order valence-corrected chi connectivity index (χ2v) is 3.59. The lowest BCUT2D eigenvalue weighted by molar-refractivity contribution is 0.229. The van der Waals surface area contributed by atoms with Gasteiger partial charge in [-0.3, -0.25) is 0 Å². The Morgan fingerprint density at radius 3 is 2.31 bits per heavy atom. The van der Waals surface area contributed by atoms with Gasteiger partial charge in [0.15, 0.2) is 0 Å². The molecule has 0 saturated carbocycles. The number of aliphatic hydroxyl groups is 1. The summed E-state index contributed by atoms with van der Waals surface area (Å²) in [5.74, 6) is 0.846. The van der Waals surface area contributed by atoms with Gasteiger partial charge in [0.2, 0.25) is 0 Å². The minimum Gasteiger partial charge on any atom is -0.396 e. The molecule has 72 valence electrons. The van der Waals surface area contributed by atoms with Crippen molar-refractivity contribution in [2.45, 2.75) is 26.2 Å². The quantitative estimate of drug-likeness (QED) is 0.751. The fourth-order valence-electron chi connectivity index (χ4n) is 1.60. The van der Waals surface area contributed by atoms with Crippen molar-refractivity contribution >= 4 is 0 Å². The average Bonchev–Trinajstić information content (AvgIpc) is 2.20. The van der Waals surface area contributed by atoms with Crippen molar-refractivity contribution in [1.29, 1.82) is 0 Å². The Kier molecular flexibility index (Phi) is 3.97. The fraction of sp³-hybridized carbons (Fsp3) is 0.500. The Morgan fingerprint density at radius 2 is 1.85 bits per heavy atom. The van der Waals surface area contributed by atoms with Crippen molar-refractivity contribution in [3.8, 4) is 0 Å². The van der Waals surface area contributed by atoms with Crippen molar-refractivity contribution in [3.63, 3.8) is 0 Å². The van der Waals surface area contributed by atoms with Crippen LogP contribution in [-0.4, -0.2) is 11.7 Å². The molecule has 0 aliphatic carbocycles. The first kappa shape index (κ1) is 10.3. The molecular formula is C12H18O. The van der Waals surface area contributed by atoms with Crippen LogP contribution in [0, 0.1) is 5.92 Å². The van der Waals surface area contributed by atoms with Gasteiger partial charge in [-0.15, -0.1) is 0 Å². The molecule has 1 aromatic rings. The highest BCUT2D eigenvalue weighted by molar-refractivity contribution is 5.20. The molecule has 0 heterocycles. The fourth-order valence-corrected chi connectivity index (χ4v) is 1.60. The molecule has 1 heteroatoms. The van der Waals surface area contributed by atoms with E-state index in [9.17, 15) is 5.11 Å². The second kappa shape index (κ2) is 5.03. The second-order valence-electron chi connectivity index (χ2n) is 3.59. The molecule has 0 spiro atoms. The van der Waals surface area contributed by atoms with Gasteiger partial charge in [0.1, 0.15) is 0 Å².